The number of hydrogen-bond donors (Lipinski definition) is 0. The van der Waals surface area contributed by atoms with E-state index in [1.165, 1.54) is 12.1 Å². The van der Waals surface area contributed by atoms with E-state index in [0.29, 0.717) is 5.56 Å². The molecular formula is C11H8ClN3O2. The molecule has 0 amide bonds. The van der Waals surface area contributed by atoms with Crippen molar-refractivity contribution in [2.24, 2.45) is 0 Å². The molecule has 0 unspecified atom stereocenters. The van der Waals surface area contributed by atoms with Crippen LogP contribution in [0.3, 0.4) is 0 Å². The highest BCUT2D eigenvalue weighted by Crippen LogP contribution is 2.29. The SMILES string of the molecule is Cc1cc(-c2nc(Cl)ccc2[N+](=O)[O-])ccn1. The normalized spacial score (nSPS) is 10.2. The molecule has 0 radical (unpaired) electrons. The summed E-state index contributed by atoms with van der Waals surface area (Å²) < 4.78 is 0. The Labute approximate surface area is 102 Å². The number of rotatable bonds is 2. The summed E-state index contributed by atoms with van der Waals surface area (Å²) in [5.74, 6) is 0. The standard InChI is InChI=1S/C11H8ClN3O2/c1-7-6-8(4-5-13-7)11-9(15(16)17)2-3-10(12)14-11/h2-6H,1H3. The average Bonchev–Trinajstić information content (AvgIpc) is 2.28. The number of nitro groups is 1. The van der Waals surface area contributed by atoms with Crippen molar-refractivity contribution in [2.75, 3.05) is 0 Å². The van der Waals surface area contributed by atoms with Gasteiger partial charge in [-0.25, -0.2) is 4.98 Å². The van der Waals surface area contributed by atoms with Crippen molar-refractivity contribution in [3.63, 3.8) is 0 Å². The van der Waals surface area contributed by atoms with Crippen LogP contribution >= 0.6 is 11.6 Å². The molecule has 0 atom stereocenters. The molecule has 2 aromatic heterocycles. The summed E-state index contributed by atoms with van der Waals surface area (Å²) in [5, 5.41) is 11.1. The lowest BCUT2D eigenvalue weighted by Crippen LogP contribution is -1.95. The van der Waals surface area contributed by atoms with Crippen LogP contribution in [0, 0.1) is 17.0 Å². The van der Waals surface area contributed by atoms with E-state index in [4.69, 9.17) is 11.6 Å². The fraction of sp³-hybridized carbons (Fsp3) is 0.0909. The Hall–Kier alpha value is -2.01. The maximum Gasteiger partial charge on any atom is 0.295 e. The smallest absolute Gasteiger partial charge is 0.262 e. The van der Waals surface area contributed by atoms with Gasteiger partial charge in [0.05, 0.1) is 4.92 Å². The lowest BCUT2D eigenvalue weighted by atomic mass is 10.1. The Morgan fingerprint density at radius 3 is 2.76 bits per heavy atom. The van der Waals surface area contributed by atoms with E-state index in [0.717, 1.165) is 5.69 Å². The summed E-state index contributed by atoms with van der Waals surface area (Å²) in [6, 6.07) is 6.14. The molecule has 17 heavy (non-hydrogen) atoms. The van der Waals surface area contributed by atoms with E-state index >= 15 is 0 Å². The van der Waals surface area contributed by atoms with Gasteiger partial charge in [0.15, 0.2) is 0 Å². The third kappa shape index (κ3) is 2.39. The first-order chi connectivity index (χ1) is 8.08. The molecule has 0 saturated heterocycles. The minimum absolute atomic E-state index is 0.0694. The molecule has 6 heteroatoms. The van der Waals surface area contributed by atoms with Crippen LogP contribution in [0.15, 0.2) is 30.5 Å². The van der Waals surface area contributed by atoms with Gasteiger partial charge in [0.25, 0.3) is 5.69 Å². The Bertz CT molecular complexity index is 587. The second kappa shape index (κ2) is 4.47. The second-order valence-electron chi connectivity index (χ2n) is 3.44. The van der Waals surface area contributed by atoms with Crippen molar-refractivity contribution in [1.82, 2.24) is 9.97 Å². The molecule has 0 aliphatic carbocycles. The molecule has 5 nitrogen and oxygen atoms in total. The van der Waals surface area contributed by atoms with Crippen molar-refractivity contribution in [3.8, 4) is 11.3 Å². The Morgan fingerprint density at radius 1 is 1.35 bits per heavy atom. The zero-order valence-electron chi connectivity index (χ0n) is 8.92. The summed E-state index contributed by atoms with van der Waals surface area (Å²) >= 11 is 5.76. The van der Waals surface area contributed by atoms with Crippen LogP contribution in [-0.2, 0) is 0 Å². The van der Waals surface area contributed by atoms with Crippen molar-refractivity contribution in [2.45, 2.75) is 6.92 Å². The first-order valence-electron chi connectivity index (χ1n) is 4.82. The summed E-state index contributed by atoms with van der Waals surface area (Å²) in [4.78, 5) is 18.5. The highest BCUT2D eigenvalue weighted by Gasteiger charge is 2.17. The summed E-state index contributed by atoms with van der Waals surface area (Å²) in [5.41, 5.74) is 1.58. The van der Waals surface area contributed by atoms with Crippen LogP contribution in [0.25, 0.3) is 11.3 Å². The predicted octanol–water partition coefficient (Wildman–Crippen LogP) is 3.01. The first-order valence-corrected chi connectivity index (χ1v) is 5.19. The second-order valence-corrected chi connectivity index (χ2v) is 3.83. The predicted molar refractivity (Wildman–Crippen MR) is 63.9 cm³/mol. The Balaban J connectivity index is 2.65. The first kappa shape index (κ1) is 11.5. The monoisotopic (exact) mass is 249 g/mol. The van der Waals surface area contributed by atoms with Crippen molar-refractivity contribution in [3.05, 3.63) is 51.4 Å². The molecule has 2 aromatic rings. The molecule has 2 heterocycles. The van der Waals surface area contributed by atoms with Crippen molar-refractivity contribution >= 4 is 17.3 Å². The van der Waals surface area contributed by atoms with Crippen LogP contribution in [0.4, 0.5) is 5.69 Å². The number of aryl methyl sites for hydroxylation is 1. The summed E-state index contributed by atoms with van der Waals surface area (Å²) in [6.07, 6.45) is 1.58. The molecule has 2 rings (SSSR count). The zero-order chi connectivity index (χ0) is 12.4. The molecule has 0 saturated carbocycles. The van der Waals surface area contributed by atoms with E-state index in [9.17, 15) is 10.1 Å². The number of pyridine rings is 2. The van der Waals surface area contributed by atoms with Gasteiger partial charge >= 0.3 is 0 Å². The molecule has 0 bridgehead atoms. The lowest BCUT2D eigenvalue weighted by molar-refractivity contribution is -0.384. The highest BCUT2D eigenvalue weighted by atomic mass is 35.5. The van der Waals surface area contributed by atoms with E-state index in [1.54, 1.807) is 25.3 Å². The topological polar surface area (TPSA) is 68.9 Å². The molecule has 0 N–H and O–H groups in total. The van der Waals surface area contributed by atoms with Gasteiger partial charge in [-0.2, -0.15) is 0 Å². The summed E-state index contributed by atoms with van der Waals surface area (Å²) in [6.45, 7) is 1.81. The number of halogens is 1. The molecule has 86 valence electrons. The van der Waals surface area contributed by atoms with Gasteiger partial charge in [0, 0.05) is 23.5 Å². The van der Waals surface area contributed by atoms with Gasteiger partial charge in [-0.3, -0.25) is 15.1 Å². The van der Waals surface area contributed by atoms with E-state index in [-0.39, 0.29) is 16.5 Å². The molecule has 0 aromatic carbocycles. The highest BCUT2D eigenvalue weighted by molar-refractivity contribution is 6.29. The largest absolute Gasteiger partial charge is 0.295 e. The third-order valence-corrected chi connectivity index (χ3v) is 2.42. The van der Waals surface area contributed by atoms with Crippen LogP contribution in [-0.4, -0.2) is 14.9 Å². The number of nitrogens with zero attached hydrogens (tertiary/aromatic N) is 3. The average molecular weight is 250 g/mol. The lowest BCUT2D eigenvalue weighted by Gasteiger charge is -2.03. The Morgan fingerprint density at radius 2 is 2.12 bits per heavy atom. The van der Waals surface area contributed by atoms with E-state index < -0.39 is 4.92 Å². The van der Waals surface area contributed by atoms with Gasteiger partial charge in [0.2, 0.25) is 0 Å². The van der Waals surface area contributed by atoms with Gasteiger partial charge < -0.3 is 0 Å². The van der Waals surface area contributed by atoms with Crippen molar-refractivity contribution in [1.29, 1.82) is 0 Å². The quantitative estimate of drug-likeness (QED) is 0.466. The molecule has 0 spiro atoms. The van der Waals surface area contributed by atoms with E-state index in [2.05, 4.69) is 9.97 Å². The van der Waals surface area contributed by atoms with Crippen LogP contribution in [0.1, 0.15) is 5.69 Å². The third-order valence-electron chi connectivity index (χ3n) is 2.21. The van der Waals surface area contributed by atoms with Crippen LogP contribution in [0.2, 0.25) is 5.15 Å². The fourth-order valence-corrected chi connectivity index (χ4v) is 1.63. The molecule has 0 aliphatic rings. The zero-order valence-corrected chi connectivity index (χ0v) is 9.68. The molecular weight excluding hydrogens is 242 g/mol. The fourth-order valence-electron chi connectivity index (χ4n) is 1.48. The van der Waals surface area contributed by atoms with Crippen LogP contribution < -0.4 is 0 Å². The van der Waals surface area contributed by atoms with Crippen LogP contribution in [0.5, 0.6) is 0 Å². The van der Waals surface area contributed by atoms with Gasteiger partial charge in [-0.05, 0) is 25.1 Å². The van der Waals surface area contributed by atoms with E-state index in [1.807, 2.05) is 0 Å². The minimum Gasteiger partial charge on any atom is -0.262 e. The summed E-state index contributed by atoms with van der Waals surface area (Å²) in [7, 11) is 0. The maximum absolute atomic E-state index is 10.9. The van der Waals surface area contributed by atoms with Crippen molar-refractivity contribution < 1.29 is 4.92 Å². The maximum atomic E-state index is 10.9. The molecule has 0 fully saturated rings. The molecule has 0 aliphatic heterocycles. The van der Waals surface area contributed by atoms with Gasteiger partial charge in [-0.1, -0.05) is 11.6 Å². The number of hydrogen-bond acceptors (Lipinski definition) is 4. The minimum atomic E-state index is -0.478. The Kier molecular flexibility index (Phi) is 3.01. The number of aromatic nitrogens is 2. The van der Waals surface area contributed by atoms with Gasteiger partial charge in [-0.15, -0.1) is 0 Å². The van der Waals surface area contributed by atoms with Gasteiger partial charge in [0.1, 0.15) is 10.8 Å².